The lowest BCUT2D eigenvalue weighted by Crippen LogP contribution is -2.25. The Morgan fingerprint density at radius 1 is 1.30 bits per heavy atom. The average molecular weight is 289 g/mol. The van der Waals surface area contributed by atoms with Crippen molar-refractivity contribution in [1.29, 1.82) is 0 Å². The smallest absolute Gasteiger partial charge is 0.433 e. The summed E-state index contributed by atoms with van der Waals surface area (Å²) in [6.45, 7) is 2.12. The van der Waals surface area contributed by atoms with Gasteiger partial charge in [-0.3, -0.25) is 0 Å². The first-order valence-electron chi connectivity index (χ1n) is 6.69. The van der Waals surface area contributed by atoms with Crippen LogP contribution in [-0.4, -0.2) is 23.1 Å². The maximum absolute atomic E-state index is 12.8. The lowest BCUT2D eigenvalue weighted by atomic mass is 9.89. The van der Waals surface area contributed by atoms with Crippen molar-refractivity contribution in [2.75, 3.05) is 12.4 Å². The van der Waals surface area contributed by atoms with Crippen LogP contribution in [-0.2, 0) is 6.18 Å². The van der Waals surface area contributed by atoms with E-state index in [4.69, 9.17) is 4.74 Å². The number of hydrogen-bond acceptors (Lipinski definition) is 4. The van der Waals surface area contributed by atoms with E-state index in [0.717, 1.165) is 31.7 Å². The summed E-state index contributed by atoms with van der Waals surface area (Å²) in [7, 11) is 1.47. The average Bonchev–Trinajstić information content (AvgIpc) is 2.37. The molecule has 2 rings (SSSR count). The zero-order valence-corrected chi connectivity index (χ0v) is 11.5. The van der Waals surface area contributed by atoms with E-state index in [-0.39, 0.29) is 17.9 Å². The van der Waals surface area contributed by atoms with Gasteiger partial charge < -0.3 is 10.1 Å². The number of aromatic nitrogens is 2. The van der Waals surface area contributed by atoms with Crippen LogP contribution in [0.5, 0.6) is 5.88 Å². The van der Waals surface area contributed by atoms with Gasteiger partial charge in [0, 0.05) is 13.1 Å². The Hall–Kier alpha value is -1.53. The molecule has 1 aromatic rings. The maximum atomic E-state index is 12.8. The highest BCUT2D eigenvalue weighted by molar-refractivity contribution is 5.31. The van der Waals surface area contributed by atoms with Gasteiger partial charge in [0.15, 0.2) is 5.69 Å². The van der Waals surface area contributed by atoms with Gasteiger partial charge >= 0.3 is 6.18 Å². The molecule has 0 saturated heterocycles. The summed E-state index contributed by atoms with van der Waals surface area (Å²) in [5.41, 5.74) is -0.990. The van der Waals surface area contributed by atoms with Crippen LogP contribution in [0.25, 0.3) is 0 Å². The molecule has 0 aliphatic heterocycles. The first-order valence-corrected chi connectivity index (χ1v) is 6.69. The van der Waals surface area contributed by atoms with Crippen molar-refractivity contribution in [2.45, 2.75) is 44.9 Å². The lowest BCUT2D eigenvalue weighted by Gasteiger charge is -2.27. The molecule has 0 aromatic carbocycles. The molecule has 0 radical (unpaired) electrons. The van der Waals surface area contributed by atoms with Crippen LogP contribution in [0.3, 0.4) is 0 Å². The van der Waals surface area contributed by atoms with Crippen LogP contribution < -0.4 is 10.1 Å². The predicted octanol–water partition coefficient (Wildman–Crippen LogP) is 3.49. The molecule has 1 aliphatic rings. The van der Waals surface area contributed by atoms with Gasteiger partial charge in [0.1, 0.15) is 6.10 Å². The molecular formula is C13H18F3N3O. The van der Waals surface area contributed by atoms with Gasteiger partial charge in [-0.15, -0.1) is 0 Å². The molecule has 112 valence electrons. The normalized spacial score (nSPS) is 23.4. The van der Waals surface area contributed by atoms with Crippen LogP contribution in [0, 0.1) is 5.92 Å². The van der Waals surface area contributed by atoms with Gasteiger partial charge in [-0.2, -0.15) is 18.2 Å². The minimum atomic E-state index is -4.51. The maximum Gasteiger partial charge on any atom is 0.433 e. The molecule has 2 atom stereocenters. The minimum absolute atomic E-state index is 0.0178. The molecule has 1 fully saturated rings. The molecule has 2 unspecified atom stereocenters. The van der Waals surface area contributed by atoms with Crippen molar-refractivity contribution in [3.05, 3.63) is 11.8 Å². The van der Waals surface area contributed by atoms with Gasteiger partial charge in [-0.1, -0.05) is 13.3 Å². The second kappa shape index (κ2) is 5.85. The van der Waals surface area contributed by atoms with Crippen molar-refractivity contribution in [3.8, 4) is 5.88 Å². The molecule has 4 nitrogen and oxygen atoms in total. The van der Waals surface area contributed by atoms with E-state index in [1.165, 1.54) is 7.05 Å². The number of nitrogens with one attached hydrogen (secondary N) is 1. The largest absolute Gasteiger partial charge is 0.474 e. The number of anilines is 1. The number of halogens is 3. The molecule has 0 bridgehead atoms. The van der Waals surface area contributed by atoms with Crippen LogP contribution in [0.1, 0.15) is 38.3 Å². The molecule has 1 heterocycles. The number of hydrogen-bond donors (Lipinski definition) is 1. The predicted molar refractivity (Wildman–Crippen MR) is 68.6 cm³/mol. The standard InChI is InChI=1S/C13H18F3N3O/c1-8-4-3-5-9(6-8)20-11-7-10(13(14,15)16)18-12(17-2)19-11/h7-9H,3-6H2,1-2H3,(H,17,18,19). The number of alkyl halides is 3. The van der Waals surface area contributed by atoms with Crippen LogP contribution >= 0.6 is 0 Å². The number of ether oxygens (including phenoxy) is 1. The van der Waals surface area contributed by atoms with Crippen molar-refractivity contribution in [2.24, 2.45) is 5.92 Å². The highest BCUT2D eigenvalue weighted by atomic mass is 19.4. The monoisotopic (exact) mass is 289 g/mol. The molecule has 1 N–H and O–H groups in total. The third-order valence-corrected chi connectivity index (χ3v) is 3.39. The van der Waals surface area contributed by atoms with Gasteiger partial charge in [-0.05, 0) is 25.2 Å². The Morgan fingerprint density at radius 2 is 2.05 bits per heavy atom. The fourth-order valence-corrected chi connectivity index (χ4v) is 2.40. The Labute approximate surface area is 115 Å². The van der Waals surface area contributed by atoms with Crippen molar-refractivity contribution >= 4 is 5.95 Å². The molecule has 1 saturated carbocycles. The summed E-state index contributed by atoms with van der Waals surface area (Å²) in [6, 6.07) is 0.861. The molecule has 7 heteroatoms. The van der Waals surface area contributed by atoms with Gasteiger partial charge in [0.25, 0.3) is 0 Å². The summed E-state index contributed by atoms with van der Waals surface area (Å²) >= 11 is 0. The quantitative estimate of drug-likeness (QED) is 0.925. The zero-order chi connectivity index (χ0) is 14.8. The Morgan fingerprint density at radius 3 is 2.65 bits per heavy atom. The zero-order valence-electron chi connectivity index (χ0n) is 11.5. The molecule has 20 heavy (non-hydrogen) atoms. The Kier molecular flexibility index (Phi) is 4.35. The first kappa shape index (κ1) is 14.9. The fraction of sp³-hybridized carbons (Fsp3) is 0.692. The molecule has 1 aromatic heterocycles. The van der Waals surface area contributed by atoms with Crippen LogP contribution in [0.2, 0.25) is 0 Å². The Bertz CT molecular complexity index is 465. The summed E-state index contributed by atoms with van der Waals surface area (Å²) in [6.07, 6.45) is -0.710. The van der Waals surface area contributed by atoms with Crippen molar-refractivity contribution < 1.29 is 17.9 Å². The second-order valence-corrected chi connectivity index (χ2v) is 5.17. The van der Waals surface area contributed by atoms with E-state index in [9.17, 15) is 13.2 Å². The fourth-order valence-electron chi connectivity index (χ4n) is 2.40. The van der Waals surface area contributed by atoms with Crippen molar-refractivity contribution in [1.82, 2.24) is 9.97 Å². The molecule has 1 aliphatic carbocycles. The minimum Gasteiger partial charge on any atom is -0.474 e. The highest BCUT2D eigenvalue weighted by Gasteiger charge is 2.34. The third kappa shape index (κ3) is 3.74. The molecule has 0 spiro atoms. The Balaban J connectivity index is 2.18. The van der Waals surface area contributed by atoms with Crippen molar-refractivity contribution in [3.63, 3.8) is 0 Å². The topological polar surface area (TPSA) is 47.0 Å². The number of nitrogens with zero attached hydrogens (tertiary/aromatic N) is 2. The summed E-state index contributed by atoms with van der Waals surface area (Å²) in [4.78, 5) is 7.34. The van der Waals surface area contributed by atoms with E-state index >= 15 is 0 Å². The molecular weight excluding hydrogens is 271 g/mol. The van der Waals surface area contributed by atoms with E-state index in [0.29, 0.717) is 5.92 Å². The van der Waals surface area contributed by atoms with Gasteiger partial charge in [0.05, 0.1) is 0 Å². The number of rotatable bonds is 3. The summed E-state index contributed by atoms with van der Waals surface area (Å²) < 4.78 is 43.9. The van der Waals surface area contributed by atoms with Crippen LogP contribution in [0.15, 0.2) is 6.07 Å². The van der Waals surface area contributed by atoms with E-state index in [2.05, 4.69) is 22.2 Å². The van der Waals surface area contributed by atoms with E-state index in [1.54, 1.807) is 0 Å². The first-order chi connectivity index (χ1) is 9.38. The van der Waals surface area contributed by atoms with E-state index < -0.39 is 11.9 Å². The second-order valence-electron chi connectivity index (χ2n) is 5.17. The third-order valence-electron chi connectivity index (χ3n) is 3.39. The highest BCUT2D eigenvalue weighted by Crippen LogP contribution is 2.32. The van der Waals surface area contributed by atoms with Crippen LogP contribution in [0.4, 0.5) is 19.1 Å². The van der Waals surface area contributed by atoms with Gasteiger partial charge in [-0.25, -0.2) is 4.98 Å². The SMILES string of the molecule is CNc1nc(OC2CCCC(C)C2)cc(C(F)(F)F)n1. The summed E-state index contributed by atoms with van der Waals surface area (Å²) in [5.74, 6) is 0.427. The van der Waals surface area contributed by atoms with Gasteiger partial charge in [0.2, 0.25) is 11.8 Å². The summed E-state index contributed by atoms with van der Waals surface area (Å²) in [5, 5.41) is 2.52. The lowest BCUT2D eigenvalue weighted by molar-refractivity contribution is -0.141. The molecule has 0 amide bonds. The van der Waals surface area contributed by atoms with E-state index in [1.807, 2.05) is 0 Å².